The number of hydrogen-bond donors (Lipinski definition) is 2. The van der Waals surface area contributed by atoms with Crippen LogP contribution in [-0.4, -0.2) is 26.2 Å². The van der Waals surface area contributed by atoms with Crippen molar-refractivity contribution in [1.82, 2.24) is 10.6 Å². The zero-order valence-electron chi connectivity index (χ0n) is 12.9. The highest BCUT2D eigenvalue weighted by Gasteiger charge is 2.15. The van der Waals surface area contributed by atoms with Crippen LogP contribution >= 0.6 is 24.0 Å². The molecule has 1 fully saturated rings. The van der Waals surface area contributed by atoms with Crippen molar-refractivity contribution < 1.29 is 4.74 Å². The summed E-state index contributed by atoms with van der Waals surface area (Å²) < 4.78 is 5.16. The number of nitrogens with one attached hydrogen (secondary N) is 2. The minimum atomic E-state index is 0. The molecule has 0 atom stereocenters. The summed E-state index contributed by atoms with van der Waals surface area (Å²) in [6.07, 6.45) is 5.16. The Morgan fingerprint density at radius 2 is 2.00 bits per heavy atom. The van der Waals surface area contributed by atoms with Crippen molar-refractivity contribution in [3.63, 3.8) is 0 Å². The molecular weight excluding hydrogens is 377 g/mol. The Morgan fingerprint density at radius 3 is 2.67 bits per heavy atom. The van der Waals surface area contributed by atoms with Crippen molar-refractivity contribution in [2.75, 3.05) is 14.2 Å². The van der Waals surface area contributed by atoms with E-state index in [4.69, 9.17) is 4.74 Å². The number of benzene rings is 1. The van der Waals surface area contributed by atoms with Crippen molar-refractivity contribution >= 4 is 29.9 Å². The summed E-state index contributed by atoms with van der Waals surface area (Å²) in [4.78, 5) is 4.30. The van der Waals surface area contributed by atoms with Crippen LogP contribution in [0, 0.1) is 0 Å². The number of nitrogens with zero attached hydrogens (tertiary/aromatic N) is 1. The van der Waals surface area contributed by atoms with Crippen molar-refractivity contribution in [2.45, 2.75) is 44.9 Å². The van der Waals surface area contributed by atoms with Crippen LogP contribution in [0.2, 0.25) is 0 Å². The van der Waals surface area contributed by atoms with Gasteiger partial charge in [-0.3, -0.25) is 4.99 Å². The fourth-order valence-electron chi connectivity index (χ4n) is 2.64. The van der Waals surface area contributed by atoms with Gasteiger partial charge >= 0.3 is 0 Å². The molecule has 0 spiro atoms. The normalized spacial score (nSPS) is 15.6. The summed E-state index contributed by atoms with van der Waals surface area (Å²) in [7, 11) is 3.55. The Kier molecular flexibility index (Phi) is 8.68. The predicted octanol–water partition coefficient (Wildman–Crippen LogP) is 3.06. The van der Waals surface area contributed by atoms with Crippen LogP contribution in [0.15, 0.2) is 29.3 Å². The highest BCUT2D eigenvalue weighted by molar-refractivity contribution is 14.0. The van der Waals surface area contributed by atoms with Gasteiger partial charge in [0.25, 0.3) is 0 Å². The largest absolute Gasteiger partial charge is 0.380 e. The number of aliphatic imine (C=N–C) groups is 1. The van der Waals surface area contributed by atoms with Gasteiger partial charge in [0, 0.05) is 26.7 Å². The smallest absolute Gasteiger partial charge is 0.191 e. The molecule has 5 heteroatoms. The molecule has 21 heavy (non-hydrogen) atoms. The van der Waals surface area contributed by atoms with E-state index in [-0.39, 0.29) is 24.0 Å². The maximum atomic E-state index is 5.16. The molecule has 1 aromatic rings. The molecule has 0 radical (unpaired) electrons. The van der Waals surface area contributed by atoms with Gasteiger partial charge in [0.2, 0.25) is 0 Å². The lowest BCUT2D eigenvalue weighted by molar-refractivity contribution is 0.185. The highest BCUT2D eigenvalue weighted by Crippen LogP contribution is 2.17. The summed E-state index contributed by atoms with van der Waals surface area (Å²) in [5, 5.41) is 6.87. The van der Waals surface area contributed by atoms with E-state index >= 15 is 0 Å². The third-order valence-electron chi connectivity index (χ3n) is 3.68. The standard InChI is InChI=1S/C16H25N3O.HI/c1-17-16(19-15-8-3-4-9-15)18-11-13-6-5-7-14(10-13)12-20-2;/h5-7,10,15H,3-4,8-9,11-12H2,1-2H3,(H2,17,18,19);1H. The first-order valence-electron chi connectivity index (χ1n) is 7.35. The Bertz CT molecular complexity index is 445. The van der Waals surface area contributed by atoms with Crippen LogP contribution in [0.25, 0.3) is 0 Å². The van der Waals surface area contributed by atoms with Crippen LogP contribution < -0.4 is 10.6 Å². The van der Waals surface area contributed by atoms with Crippen LogP contribution in [-0.2, 0) is 17.9 Å². The third-order valence-corrected chi connectivity index (χ3v) is 3.68. The van der Waals surface area contributed by atoms with Crippen molar-refractivity contribution in [3.05, 3.63) is 35.4 Å². The molecule has 2 N–H and O–H groups in total. The Balaban J connectivity index is 0.00000220. The van der Waals surface area contributed by atoms with Crippen molar-refractivity contribution in [2.24, 2.45) is 4.99 Å². The second-order valence-electron chi connectivity index (χ2n) is 5.30. The van der Waals surface area contributed by atoms with Gasteiger partial charge in [-0.25, -0.2) is 0 Å². The molecule has 1 saturated carbocycles. The minimum absolute atomic E-state index is 0. The maximum Gasteiger partial charge on any atom is 0.191 e. The summed E-state index contributed by atoms with van der Waals surface area (Å²) in [5.41, 5.74) is 2.44. The van der Waals surface area contributed by atoms with E-state index in [1.165, 1.54) is 36.8 Å². The Morgan fingerprint density at radius 1 is 1.29 bits per heavy atom. The lowest BCUT2D eigenvalue weighted by Gasteiger charge is -2.17. The zero-order valence-corrected chi connectivity index (χ0v) is 15.2. The maximum absolute atomic E-state index is 5.16. The second kappa shape index (κ2) is 10.00. The molecule has 2 rings (SSSR count). The average Bonchev–Trinajstić information content (AvgIpc) is 2.97. The van der Waals surface area contributed by atoms with E-state index in [0.717, 1.165) is 12.5 Å². The Hall–Kier alpha value is -0.820. The lowest BCUT2D eigenvalue weighted by Crippen LogP contribution is -2.41. The summed E-state index contributed by atoms with van der Waals surface area (Å²) >= 11 is 0. The molecule has 0 saturated heterocycles. The van der Waals surface area contributed by atoms with Gasteiger partial charge in [-0.05, 0) is 24.0 Å². The molecule has 0 amide bonds. The molecule has 118 valence electrons. The topological polar surface area (TPSA) is 45.7 Å². The number of guanidine groups is 1. The van der Waals surface area contributed by atoms with E-state index in [0.29, 0.717) is 12.6 Å². The molecule has 4 nitrogen and oxygen atoms in total. The molecule has 0 bridgehead atoms. The van der Waals surface area contributed by atoms with Gasteiger partial charge in [0.05, 0.1) is 6.61 Å². The molecular formula is C16H26IN3O. The molecule has 1 aromatic carbocycles. The van der Waals surface area contributed by atoms with Crippen LogP contribution in [0.5, 0.6) is 0 Å². The molecule has 0 heterocycles. The first-order valence-corrected chi connectivity index (χ1v) is 7.35. The van der Waals surface area contributed by atoms with E-state index in [2.05, 4.69) is 39.9 Å². The van der Waals surface area contributed by atoms with Crippen molar-refractivity contribution in [1.29, 1.82) is 0 Å². The number of ether oxygens (including phenoxy) is 1. The predicted molar refractivity (Wildman–Crippen MR) is 98.2 cm³/mol. The zero-order chi connectivity index (χ0) is 14.2. The molecule has 1 aliphatic rings. The SMILES string of the molecule is CN=C(NCc1cccc(COC)c1)NC1CCCC1.I. The van der Waals surface area contributed by atoms with Gasteiger partial charge in [-0.2, -0.15) is 0 Å². The van der Waals surface area contributed by atoms with Gasteiger partial charge in [0.1, 0.15) is 0 Å². The third kappa shape index (κ3) is 6.22. The molecule has 0 unspecified atom stereocenters. The van der Waals surface area contributed by atoms with Gasteiger partial charge < -0.3 is 15.4 Å². The molecule has 0 aliphatic heterocycles. The monoisotopic (exact) mass is 403 g/mol. The van der Waals surface area contributed by atoms with Crippen LogP contribution in [0.3, 0.4) is 0 Å². The quantitative estimate of drug-likeness (QED) is 0.451. The number of methoxy groups -OCH3 is 1. The van der Waals surface area contributed by atoms with Crippen molar-refractivity contribution in [3.8, 4) is 0 Å². The molecule has 0 aromatic heterocycles. The highest BCUT2D eigenvalue weighted by atomic mass is 127. The first kappa shape index (κ1) is 18.2. The summed E-state index contributed by atoms with van der Waals surface area (Å²) in [5.74, 6) is 0.897. The average molecular weight is 403 g/mol. The van der Waals surface area contributed by atoms with E-state index in [9.17, 15) is 0 Å². The van der Waals surface area contributed by atoms with Gasteiger partial charge in [-0.1, -0.05) is 37.1 Å². The summed E-state index contributed by atoms with van der Waals surface area (Å²) in [6, 6.07) is 9.02. The van der Waals surface area contributed by atoms with Crippen LogP contribution in [0.1, 0.15) is 36.8 Å². The van der Waals surface area contributed by atoms with E-state index in [1.54, 1.807) is 7.11 Å². The van der Waals surface area contributed by atoms with E-state index in [1.807, 2.05) is 7.05 Å². The minimum Gasteiger partial charge on any atom is -0.380 e. The molecule has 1 aliphatic carbocycles. The Labute approximate surface area is 144 Å². The number of hydrogen-bond acceptors (Lipinski definition) is 2. The summed E-state index contributed by atoms with van der Waals surface area (Å²) in [6.45, 7) is 1.44. The first-order chi connectivity index (χ1) is 9.81. The van der Waals surface area contributed by atoms with Gasteiger partial charge in [-0.15, -0.1) is 24.0 Å². The number of halogens is 1. The fraction of sp³-hybridized carbons (Fsp3) is 0.562. The van der Waals surface area contributed by atoms with Crippen LogP contribution in [0.4, 0.5) is 0 Å². The van der Waals surface area contributed by atoms with E-state index < -0.39 is 0 Å². The van der Waals surface area contributed by atoms with Gasteiger partial charge in [0.15, 0.2) is 5.96 Å². The lowest BCUT2D eigenvalue weighted by atomic mass is 10.1. The second-order valence-corrected chi connectivity index (χ2v) is 5.30. The number of rotatable bonds is 5. The fourth-order valence-corrected chi connectivity index (χ4v) is 2.64.